The predicted molar refractivity (Wildman–Crippen MR) is 59.5 cm³/mol. The fourth-order valence-corrected chi connectivity index (χ4v) is 1.36. The molecule has 8 heteroatoms. The van der Waals surface area contributed by atoms with E-state index in [1.54, 1.807) is 0 Å². The van der Waals surface area contributed by atoms with E-state index in [0.717, 1.165) is 6.07 Å². The Kier molecular flexibility index (Phi) is 3.24. The standard InChI is InChI=1S/C11H7F4N3O/c12-7-5-6(11(13,14)15)1-2-8(7)18-9-10(19)17-4-3-16-9/h1-5H,(H,16,18)(H,17,19). The molecule has 0 aliphatic heterocycles. The van der Waals surface area contributed by atoms with Crippen LogP contribution in [0, 0.1) is 5.82 Å². The average Bonchev–Trinajstić information content (AvgIpc) is 2.33. The highest BCUT2D eigenvalue weighted by molar-refractivity contribution is 5.56. The maximum atomic E-state index is 13.5. The van der Waals surface area contributed by atoms with Crippen LogP contribution in [0.25, 0.3) is 0 Å². The van der Waals surface area contributed by atoms with E-state index in [2.05, 4.69) is 15.3 Å². The maximum Gasteiger partial charge on any atom is 0.416 e. The number of H-pyrrole nitrogens is 1. The second kappa shape index (κ2) is 4.71. The molecule has 0 radical (unpaired) electrons. The zero-order valence-corrected chi connectivity index (χ0v) is 9.25. The van der Waals surface area contributed by atoms with Gasteiger partial charge in [0.1, 0.15) is 5.82 Å². The molecule has 100 valence electrons. The van der Waals surface area contributed by atoms with E-state index in [4.69, 9.17) is 0 Å². The Morgan fingerprint density at radius 2 is 2.00 bits per heavy atom. The number of nitrogens with one attached hydrogen (secondary N) is 2. The second-order valence-electron chi connectivity index (χ2n) is 3.58. The molecule has 1 aromatic carbocycles. The zero-order chi connectivity index (χ0) is 14.0. The van der Waals surface area contributed by atoms with Crippen LogP contribution >= 0.6 is 0 Å². The molecule has 0 amide bonds. The monoisotopic (exact) mass is 273 g/mol. The van der Waals surface area contributed by atoms with Gasteiger partial charge >= 0.3 is 6.18 Å². The lowest BCUT2D eigenvalue weighted by Gasteiger charge is -2.09. The Hall–Kier alpha value is -2.38. The Morgan fingerprint density at radius 3 is 2.58 bits per heavy atom. The fourth-order valence-electron chi connectivity index (χ4n) is 1.36. The van der Waals surface area contributed by atoms with Gasteiger partial charge in [0.05, 0.1) is 11.3 Å². The van der Waals surface area contributed by atoms with E-state index < -0.39 is 23.1 Å². The third-order valence-corrected chi connectivity index (χ3v) is 2.26. The smallest absolute Gasteiger partial charge is 0.333 e. The summed E-state index contributed by atoms with van der Waals surface area (Å²) < 4.78 is 50.5. The number of nitrogens with zero attached hydrogens (tertiary/aromatic N) is 1. The molecule has 0 aliphatic rings. The number of aromatic nitrogens is 2. The lowest BCUT2D eigenvalue weighted by Crippen LogP contribution is -2.13. The van der Waals surface area contributed by atoms with Crippen molar-refractivity contribution in [2.45, 2.75) is 6.18 Å². The molecule has 2 rings (SSSR count). The van der Waals surface area contributed by atoms with E-state index in [1.165, 1.54) is 12.4 Å². The highest BCUT2D eigenvalue weighted by Crippen LogP contribution is 2.31. The van der Waals surface area contributed by atoms with Crippen molar-refractivity contribution in [1.29, 1.82) is 0 Å². The molecule has 0 saturated heterocycles. The third kappa shape index (κ3) is 2.90. The Balaban J connectivity index is 2.33. The molecule has 0 bridgehead atoms. The first kappa shape index (κ1) is 13.1. The van der Waals surface area contributed by atoms with Gasteiger partial charge in [-0.15, -0.1) is 0 Å². The minimum absolute atomic E-state index is 0.207. The predicted octanol–water partition coefficient (Wildman–Crippen LogP) is 2.67. The lowest BCUT2D eigenvalue weighted by molar-refractivity contribution is -0.137. The molecule has 0 fully saturated rings. The van der Waals surface area contributed by atoms with Crippen molar-refractivity contribution in [3.63, 3.8) is 0 Å². The number of hydrogen-bond acceptors (Lipinski definition) is 3. The van der Waals surface area contributed by atoms with Gasteiger partial charge in [0.15, 0.2) is 5.82 Å². The largest absolute Gasteiger partial charge is 0.416 e. The summed E-state index contributed by atoms with van der Waals surface area (Å²) in [5.41, 5.74) is -1.98. The molecule has 0 atom stereocenters. The van der Waals surface area contributed by atoms with Gasteiger partial charge in [-0.3, -0.25) is 4.79 Å². The zero-order valence-electron chi connectivity index (χ0n) is 9.25. The number of alkyl halides is 3. The second-order valence-corrected chi connectivity index (χ2v) is 3.58. The van der Waals surface area contributed by atoms with Crippen LogP contribution in [0.2, 0.25) is 0 Å². The summed E-state index contributed by atoms with van der Waals surface area (Å²) in [6.45, 7) is 0. The summed E-state index contributed by atoms with van der Waals surface area (Å²) in [6, 6.07) is 1.95. The topological polar surface area (TPSA) is 57.8 Å². The summed E-state index contributed by atoms with van der Waals surface area (Å²) in [6.07, 6.45) is -2.09. The normalized spacial score (nSPS) is 11.4. The first-order valence-electron chi connectivity index (χ1n) is 5.05. The number of rotatable bonds is 2. The molecule has 2 N–H and O–H groups in total. The Bertz CT molecular complexity index is 651. The van der Waals surface area contributed by atoms with Crippen molar-refractivity contribution < 1.29 is 17.6 Å². The Morgan fingerprint density at radius 1 is 1.26 bits per heavy atom. The third-order valence-electron chi connectivity index (χ3n) is 2.26. The molecular weight excluding hydrogens is 266 g/mol. The molecule has 0 unspecified atom stereocenters. The van der Waals surface area contributed by atoms with Gasteiger partial charge in [0.2, 0.25) is 0 Å². The number of aromatic amines is 1. The molecule has 1 aromatic heterocycles. The van der Waals surface area contributed by atoms with Crippen LogP contribution in [0.3, 0.4) is 0 Å². The van der Waals surface area contributed by atoms with Crippen LogP contribution in [0.5, 0.6) is 0 Å². The van der Waals surface area contributed by atoms with Crippen LogP contribution in [0.1, 0.15) is 5.56 Å². The summed E-state index contributed by atoms with van der Waals surface area (Å²) in [7, 11) is 0. The number of benzene rings is 1. The summed E-state index contributed by atoms with van der Waals surface area (Å²) in [4.78, 5) is 17.2. The van der Waals surface area contributed by atoms with E-state index in [-0.39, 0.29) is 11.5 Å². The van der Waals surface area contributed by atoms with Gasteiger partial charge in [-0.1, -0.05) is 0 Å². The highest BCUT2D eigenvalue weighted by Gasteiger charge is 2.31. The minimum Gasteiger partial charge on any atom is -0.333 e. The SMILES string of the molecule is O=c1[nH]ccnc1Nc1ccc(C(F)(F)F)cc1F. The molecule has 2 aromatic rings. The van der Waals surface area contributed by atoms with Crippen molar-refractivity contribution in [3.8, 4) is 0 Å². The van der Waals surface area contributed by atoms with Crippen molar-refractivity contribution in [1.82, 2.24) is 9.97 Å². The molecule has 0 spiro atoms. The van der Waals surface area contributed by atoms with Crippen LogP contribution in [0.15, 0.2) is 35.4 Å². The van der Waals surface area contributed by atoms with Gasteiger partial charge in [-0.2, -0.15) is 13.2 Å². The maximum absolute atomic E-state index is 13.5. The minimum atomic E-state index is -4.62. The number of hydrogen-bond donors (Lipinski definition) is 2. The molecule has 0 saturated carbocycles. The molecule has 19 heavy (non-hydrogen) atoms. The van der Waals surface area contributed by atoms with E-state index >= 15 is 0 Å². The van der Waals surface area contributed by atoms with Crippen molar-refractivity contribution in [2.24, 2.45) is 0 Å². The Labute approximate surface area is 104 Å². The van der Waals surface area contributed by atoms with Crippen LogP contribution in [-0.2, 0) is 6.18 Å². The quantitative estimate of drug-likeness (QED) is 0.827. The molecular formula is C11H7F4N3O. The van der Waals surface area contributed by atoms with Crippen LogP contribution in [-0.4, -0.2) is 9.97 Å². The van der Waals surface area contributed by atoms with E-state index in [9.17, 15) is 22.4 Å². The molecule has 1 heterocycles. The first-order valence-corrected chi connectivity index (χ1v) is 5.05. The van der Waals surface area contributed by atoms with Gasteiger partial charge in [-0.05, 0) is 18.2 Å². The first-order chi connectivity index (χ1) is 8.88. The summed E-state index contributed by atoms with van der Waals surface area (Å²) >= 11 is 0. The van der Waals surface area contributed by atoms with Crippen molar-refractivity contribution >= 4 is 11.5 Å². The highest BCUT2D eigenvalue weighted by atomic mass is 19.4. The fraction of sp³-hybridized carbons (Fsp3) is 0.0909. The van der Waals surface area contributed by atoms with Gasteiger partial charge in [0.25, 0.3) is 5.56 Å². The number of anilines is 2. The summed E-state index contributed by atoms with van der Waals surface area (Å²) in [5.74, 6) is -1.33. The average molecular weight is 273 g/mol. The van der Waals surface area contributed by atoms with E-state index in [0.29, 0.717) is 12.1 Å². The van der Waals surface area contributed by atoms with Gasteiger partial charge < -0.3 is 10.3 Å². The number of halogens is 4. The van der Waals surface area contributed by atoms with Gasteiger partial charge in [-0.25, -0.2) is 9.37 Å². The molecule has 0 aliphatic carbocycles. The van der Waals surface area contributed by atoms with E-state index in [1.807, 2.05) is 0 Å². The molecule has 4 nitrogen and oxygen atoms in total. The van der Waals surface area contributed by atoms with Gasteiger partial charge in [0, 0.05) is 12.4 Å². The van der Waals surface area contributed by atoms with Crippen molar-refractivity contribution in [2.75, 3.05) is 5.32 Å². The van der Waals surface area contributed by atoms with Crippen LogP contribution < -0.4 is 10.9 Å². The lowest BCUT2D eigenvalue weighted by atomic mass is 10.2. The van der Waals surface area contributed by atoms with Crippen LogP contribution in [0.4, 0.5) is 29.1 Å². The van der Waals surface area contributed by atoms with Crippen molar-refractivity contribution in [3.05, 3.63) is 52.3 Å². The summed E-state index contributed by atoms with van der Waals surface area (Å²) in [5, 5.41) is 2.32.